The number of nitrogens with one attached hydrogen (secondary N) is 1. The predicted octanol–water partition coefficient (Wildman–Crippen LogP) is -0.0126. The second kappa shape index (κ2) is 7.30. The lowest BCUT2D eigenvalue weighted by Crippen LogP contribution is -2.38. The van der Waals surface area contributed by atoms with Crippen LogP contribution in [0.15, 0.2) is 0 Å². The van der Waals surface area contributed by atoms with Crippen LogP contribution in [0, 0.1) is 0 Å². The zero-order valence-corrected chi connectivity index (χ0v) is 12.3. The molecule has 0 aromatic rings. The fourth-order valence-electron chi connectivity index (χ4n) is 1.34. The monoisotopic (exact) mass is 286 g/mol. The Morgan fingerprint density at radius 3 is 2.00 bits per heavy atom. The van der Waals surface area contributed by atoms with Crippen molar-refractivity contribution in [3.63, 3.8) is 0 Å². The summed E-state index contributed by atoms with van der Waals surface area (Å²) >= 11 is 0. The number of hydrogen-bond acceptors (Lipinski definition) is 4. The van der Waals surface area contributed by atoms with Gasteiger partial charge in [0.25, 0.3) is 0 Å². The molecule has 0 aromatic heterocycles. The number of sulfonamides is 2. The molecule has 0 aliphatic carbocycles. The van der Waals surface area contributed by atoms with Gasteiger partial charge in [-0.15, -0.1) is 0 Å². The average Bonchev–Trinajstić information content (AvgIpc) is 2.12. The smallest absolute Gasteiger partial charge is 0.211 e. The first-order valence-electron chi connectivity index (χ1n) is 5.56. The molecule has 0 radical (unpaired) electrons. The van der Waals surface area contributed by atoms with Crippen LogP contribution in [0.4, 0.5) is 0 Å². The molecule has 0 bridgehead atoms. The fourth-order valence-corrected chi connectivity index (χ4v) is 2.68. The molecule has 0 aliphatic rings. The highest BCUT2D eigenvalue weighted by molar-refractivity contribution is 7.88. The zero-order chi connectivity index (χ0) is 13.5. The number of hydrogen-bond donors (Lipinski definition) is 1. The Labute approximate surface area is 104 Å². The third-order valence-electron chi connectivity index (χ3n) is 2.21. The van der Waals surface area contributed by atoms with Crippen molar-refractivity contribution < 1.29 is 16.8 Å². The first kappa shape index (κ1) is 16.8. The van der Waals surface area contributed by atoms with Gasteiger partial charge in [0.15, 0.2) is 0 Å². The molecule has 0 fully saturated rings. The van der Waals surface area contributed by atoms with E-state index >= 15 is 0 Å². The standard InChI is InChI=1S/C9H22N2O4S2/c1-4-5-6-8-11(17(3,14)15)9-7-10-16(2,12)13/h10H,4-9H2,1-3H3. The van der Waals surface area contributed by atoms with Crippen molar-refractivity contribution in [2.24, 2.45) is 0 Å². The minimum absolute atomic E-state index is 0.109. The second-order valence-corrected chi connectivity index (χ2v) is 7.85. The van der Waals surface area contributed by atoms with E-state index in [-0.39, 0.29) is 13.1 Å². The van der Waals surface area contributed by atoms with Crippen molar-refractivity contribution in [1.29, 1.82) is 0 Å². The summed E-state index contributed by atoms with van der Waals surface area (Å²) in [4.78, 5) is 0. The molecule has 0 aromatic carbocycles. The van der Waals surface area contributed by atoms with E-state index in [1.807, 2.05) is 6.92 Å². The van der Waals surface area contributed by atoms with E-state index in [0.717, 1.165) is 31.8 Å². The molecular weight excluding hydrogens is 264 g/mol. The maximum absolute atomic E-state index is 11.4. The Morgan fingerprint density at radius 1 is 1.00 bits per heavy atom. The normalized spacial score (nSPS) is 13.2. The Hall–Kier alpha value is -0.180. The van der Waals surface area contributed by atoms with Gasteiger partial charge < -0.3 is 0 Å². The van der Waals surface area contributed by atoms with Crippen molar-refractivity contribution in [2.45, 2.75) is 26.2 Å². The molecule has 0 heterocycles. The van der Waals surface area contributed by atoms with Crippen molar-refractivity contribution in [1.82, 2.24) is 9.03 Å². The fraction of sp³-hybridized carbons (Fsp3) is 1.00. The van der Waals surface area contributed by atoms with Gasteiger partial charge in [0, 0.05) is 19.6 Å². The lowest BCUT2D eigenvalue weighted by molar-refractivity contribution is 0.405. The Balaban J connectivity index is 4.22. The van der Waals surface area contributed by atoms with Crippen LogP contribution < -0.4 is 4.72 Å². The van der Waals surface area contributed by atoms with E-state index in [1.54, 1.807) is 0 Å². The Kier molecular flexibility index (Phi) is 7.22. The molecule has 6 nitrogen and oxygen atoms in total. The van der Waals surface area contributed by atoms with Crippen LogP contribution in [0.2, 0.25) is 0 Å². The van der Waals surface area contributed by atoms with Gasteiger partial charge in [-0.3, -0.25) is 0 Å². The summed E-state index contributed by atoms with van der Waals surface area (Å²) in [7, 11) is -6.53. The highest BCUT2D eigenvalue weighted by Crippen LogP contribution is 2.02. The first-order chi connectivity index (χ1) is 7.67. The molecule has 0 amide bonds. The van der Waals surface area contributed by atoms with E-state index < -0.39 is 20.0 Å². The molecule has 104 valence electrons. The number of unbranched alkanes of at least 4 members (excludes halogenated alkanes) is 2. The molecule has 0 rings (SSSR count). The first-order valence-corrected chi connectivity index (χ1v) is 9.30. The maximum Gasteiger partial charge on any atom is 0.211 e. The van der Waals surface area contributed by atoms with E-state index in [1.165, 1.54) is 4.31 Å². The zero-order valence-electron chi connectivity index (χ0n) is 10.6. The van der Waals surface area contributed by atoms with Crippen LogP contribution in [0.3, 0.4) is 0 Å². The lowest BCUT2D eigenvalue weighted by atomic mass is 10.2. The van der Waals surface area contributed by atoms with E-state index in [2.05, 4.69) is 4.72 Å². The average molecular weight is 286 g/mol. The molecule has 1 N–H and O–H groups in total. The largest absolute Gasteiger partial charge is 0.214 e. The van der Waals surface area contributed by atoms with Crippen LogP contribution >= 0.6 is 0 Å². The minimum atomic E-state index is -3.26. The van der Waals surface area contributed by atoms with Crippen molar-refractivity contribution in [3.8, 4) is 0 Å². The molecule has 0 saturated carbocycles. The molecule has 17 heavy (non-hydrogen) atoms. The molecule has 0 saturated heterocycles. The summed E-state index contributed by atoms with van der Waals surface area (Å²) in [6, 6.07) is 0. The van der Waals surface area contributed by atoms with Gasteiger partial charge in [0.05, 0.1) is 12.5 Å². The van der Waals surface area contributed by atoms with Crippen LogP contribution in [0.25, 0.3) is 0 Å². The van der Waals surface area contributed by atoms with Gasteiger partial charge in [-0.1, -0.05) is 19.8 Å². The number of rotatable bonds is 9. The Bertz CT molecular complexity index is 403. The third-order valence-corrected chi connectivity index (χ3v) is 4.24. The molecular formula is C9H22N2O4S2. The summed E-state index contributed by atoms with van der Waals surface area (Å²) in [5, 5.41) is 0. The molecule has 8 heteroatoms. The molecule has 0 aliphatic heterocycles. The van der Waals surface area contributed by atoms with Gasteiger partial charge in [-0.25, -0.2) is 25.9 Å². The minimum Gasteiger partial charge on any atom is -0.214 e. The number of nitrogens with zero attached hydrogens (tertiary/aromatic N) is 1. The van der Waals surface area contributed by atoms with Gasteiger partial charge in [-0.2, -0.15) is 0 Å². The van der Waals surface area contributed by atoms with Crippen LogP contribution in [-0.4, -0.2) is 53.3 Å². The second-order valence-electron chi connectivity index (χ2n) is 4.04. The van der Waals surface area contributed by atoms with Crippen LogP contribution in [-0.2, 0) is 20.0 Å². The topological polar surface area (TPSA) is 83.6 Å². The van der Waals surface area contributed by atoms with E-state index in [4.69, 9.17) is 0 Å². The van der Waals surface area contributed by atoms with Crippen molar-refractivity contribution in [2.75, 3.05) is 32.1 Å². The Morgan fingerprint density at radius 2 is 1.59 bits per heavy atom. The summed E-state index contributed by atoms with van der Waals surface area (Å²) in [6.45, 7) is 2.77. The summed E-state index contributed by atoms with van der Waals surface area (Å²) in [6.07, 6.45) is 4.96. The molecule has 0 unspecified atom stereocenters. The van der Waals surface area contributed by atoms with Crippen LogP contribution in [0.1, 0.15) is 26.2 Å². The van der Waals surface area contributed by atoms with Gasteiger partial charge in [0.2, 0.25) is 20.0 Å². The predicted molar refractivity (Wildman–Crippen MR) is 68.8 cm³/mol. The SMILES string of the molecule is CCCCCN(CCNS(C)(=O)=O)S(C)(=O)=O. The highest BCUT2D eigenvalue weighted by atomic mass is 32.2. The third kappa shape index (κ3) is 9.51. The van der Waals surface area contributed by atoms with E-state index in [0.29, 0.717) is 6.54 Å². The molecule has 0 atom stereocenters. The van der Waals surface area contributed by atoms with Crippen molar-refractivity contribution >= 4 is 20.0 Å². The quantitative estimate of drug-likeness (QED) is 0.604. The van der Waals surface area contributed by atoms with E-state index in [9.17, 15) is 16.8 Å². The van der Waals surface area contributed by atoms with Gasteiger partial charge in [0.1, 0.15) is 0 Å². The van der Waals surface area contributed by atoms with Crippen LogP contribution in [0.5, 0.6) is 0 Å². The van der Waals surface area contributed by atoms with Gasteiger partial charge >= 0.3 is 0 Å². The summed E-state index contributed by atoms with van der Waals surface area (Å²) in [5.41, 5.74) is 0. The summed E-state index contributed by atoms with van der Waals surface area (Å²) < 4.78 is 48.1. The van der Waals surface area contributed by atoms with Gasteiger partial charge in [-0.05, 0) is 6.42 Å². The highest BCUT2D eigenvalue weighted by Gasteiger charge is 2.15. The van der Waals surface area contributed by atoms with Crippen molar-refractivity contribution in [3.05, 3.63) is 0 Å². The maximum atomic E-state index is 11.4. The summed E-state index contributed by atoms with van der Waals surface area (Å²) in [5.74, 6) is 0. The molecule has 0 spiro atoms. The lowest BCUT2D eigenvalue weighted by Gasteiger charge is -2.19.